The van der Waals surface area contributed by atoms with Gasteiger partial charge < -0.3 is 10.2 Å². The molecule has 0 spiro atoms. The van der Waals surface area contributed by atoms with Crippen LogP contribution in [0.4, 0.5) is 5.82 Å². The number of amides is 1. The van der Waals surface area contributed by atoms with E-state index in [1.807, 2.05) is 18.2 Å². The molecule has 1 aliphatic heterocycles. The van der Waals surface area contributed by atoms with Gasteiger partial charge in [-0.1, -0.05) is 49.6 Å². The summed E-state index contributed by atoms with van der Waals surface area (Å²) in [6.45, 7) is 2.37. The lowest BCUT2D eigenvalue weighted by Crippen LogP contribution is -2.35. The number of H-pyrrole nitrogens is 1. The van der Waals surface area contributed by atoms with E-state index in [-0.39, 0.29) is 5.92 Å². The first-order valence-corrected chi connectivity index (χ1v) is 11.2. The largest absolute Gasteiger partial charge is 0.364 e. The number of fused-ring (bicyclic) bond motifs is 1. The summed E-state index contributed by atoms with van der Waals surface area (Å²) in [7, 11) is 0. The van der Waals surface area contributed by atoms with Gasteiger partial charge in [-0.2, -0.15) is 5.10 Å². The van der Waals surface area contributed by atoms with Crippen LogP contribution in [0, 0.1) is 5.92 Å². The molecule has 2 fully saturated rings. The Hall–Kier alpha value is -2.89. The van der Waals surface area contributed by atoms with Gasteiger partial charge in [-0.15, -0.1) is 0 Å². The van der Waals surface area contributed by atoms with Crippen molar-refractivity contribution < 1.29 is 4.79 Å². The Balaban J connectivity index is 1.25. The summed E-state index contributed by atoms with van der Waals surface area (Å²) >= 11 is 0. The Morgan fingerprint density at radius 2 is 1.90 bits per heavy atom. The van der Waals surface area contributed by atoms with Crippen LogP contribution in [0.25, 0.3) is 11.0 Å². The first-order valence-electron chi connectivity index (χ1n) is 11.2. The number of rotatable bonds is 5. The number of hydrogen-bond acceptors (Lipinski definition) is 4. The molecule has 156 valence electrons. The van der Waals surface area contributed by atoms with E-state index in [9.17, 15) is 4.79 Å². The summed E-state index contributed by atoms with van der Waals surface area (Å²) < 4.78 is 0. The number of nitrogens with zero attached hydrogens (tertiary/aromatic N) is 3. The Kier molecular flexibility index (Phi) is 5.39. The van der Waals surface area contributed by atoms with Crippen LogP contribution in [0.3, 0.4) is 0 Å². The molecule has 2 aliphatic rings. The monoisotopic (exact) mass is 403 g/mol. The molecule has 1 amide bonds. The summed E-state index contributed by atoms with van der Waals surface area (Å²) in [5.74, 6) is 1.76. The molecule has 1 aromatic carbocycles. The van der Waals surface area contributed by atoms with Gasteiger partial charge in [0.1, 0.15) is 0 Å². The van der Waals surface area contributed by atoms with Crippen LogP contribution in [0.5, 0.6) is 0 Å². The molecular formula is C24H29N5O. The number of carbonyl (C=O) groups excluding carboxylic acids is 1. The number of carbonyl (C=O) groups is 1. The van der Waals surface area contributed by atoms with E-state index in [0.717, 1.165) is 61.4 Å². The third kappa shape index (κ3) is 3.91. The van der Waals surface area contributed by atoms with Gasteiger partial charge in [0, 0.05) is 37.2 Å². The number of aromatic nitrogens is 3. The van der Waals surface area contributed by atoms with E-state index >= 15 is 0 Å². The lowest BCUT2D eigenvalue weighted by Gasteiger charge is -2.26. The van der Waals surface area contributed by atoms with Crippen molar-refractivity contribution in [3.8, 4) is 0 Å². The average molecular weight is 404 g/mol. The fourth-order valence-electron chi connectivity index (χ4n) is 4.87. The molecule has 6 heteroatoms. The maximum atomic E-state index is 12.9. The van der Waals surface area contributed by atoms with E-state index in [4.69, 9.17) is 4.98 Å². The smallest absolute Gasteiger partial charge is 0.225 e. The summed E-state index contributed by atoms with van der Waals surface area (Å²) in [5.41, 5.74) is 3.08. The molecule has 2 aromatic heterocycles. The van der Waals surface area contributed by atoms with Gasteiger partial charge in [-0.3, -0.25) is 9.89 Å². The predicted octanol–water partition coefficient (Wildman–Crippen LogP) is 4.47. The molecule has 30 heavy (non-hydrogen) atoms. The highest BCUT2D eigenvalue weighted by Crippen LogP contribution is 2.32. The number of hydrogen-bond donors (Lipinski definition) is 2. The first kappa shape index (κ1) is 19.1. The number of likely N-dealkylation sites (tertiary alicyclic amines) is 1. The summed E-state index contributed by atoms with van der Waals surface area (Å²) in [5, 5.41) is 11.9. The normalized spacial score (nSPS) is 20.0. The third-order valence-electron chi connectivity index (χ3n) is 6.62. The van der Waals surface area contributed by atoms with E-state index in [1.165, 1.54) is 24.8 Å². The fraction of sp³-hybridized carbons (Fsp3) is 0.458. The van der Waals surface area contributed by atoms with E-state index in [2.05, 4.69) is 44.7 Å². The zero-order valence-corrected chi connectivity index (χ0v) is 17.3. The number of pyridine rings is 1. The van der Waals surface area contributed by atoms with Gasteiger partial charge in [-0.25, -0.2) is 4.98 Å². The second-order valence-corrected chi connectivity index (χ2v) is 8.65. The molecule has 1 saturated heterocycles. The van der Waals surface area contributed by atoms with Gasteiger partial charge >= 0.3 is 0 Å². The van der Waals surface area contributed by atoms with Crippen molar-refractivity contribution in [2.45, 2.75) is 51.0 Å². The van der Waals surface area contributed by atoms with Crippen molar-refractivity contribution in [3.05, 3.63) is 53.7 Å². The van der Waals surface area contributed by atoms with Crippen LogP contribution in [0.2, 0.25) is 0 Å². The fourth-order valence-corrected chi connectivity index (χ4v) is 4.87. The minimum Gasteiger partial charge on any atom is -0.364 e. The molecule has 1 aliphatic carbocycles. The maximum Gasteiger partial charge on any atom is 0.225 e. The first-order chi connectivity index (χ1) is 14.8. The van der Waals surface area contributed by atoms with Crippen molar-refractivity contribution in [1.29, 1.82) is 0 Å². The molecule has 1 atom stereocenters. The second kappa shape index (κ2) is 8.46. The number of anilines is 1. The molecular weight excluding hydrogens is 374 g/mol. The molecule has 3 heterocycles. The Bertz CT molecular complexity index is 1010. The van der Waals surface area contributed by atoms with Crippen molar-refractivity contribution in [1.82, 2.24) is 20.1 Å². The zero-order valence-electron chi connectivity index (χ0n) is 17.3. The predicted molar refractivity (Wildman–Crippen MR) is 118 cm³/mol. The van der Waals surface area contributed by atoms with Gasteiger partial charge in [-0.05, 0) is 37.0 Å². The van der Waals surface area contributed by atoms with Crippen LogP contribution < -0.4 is 5.32 Å². The van der Waals surface area contributed by atoms with Crippen LogP contribution in [0.15, 0.2) is 42.5 Å². The van der Waals surface area contributed by atoms with Gasteiger partial charge in [0.05, 0.1) is 5.39 Å². The molecule has 1 saturated carbocycles. The maximum absolute atomic E-state index is 12.9. The molecule has 2 N–H and O–H groups in total. The van der Waals surface area contributed by atoms with E-state index in [1.54, 1.807) is 0 Å². The van der Waals surface area contributed by atoms with Gasteiger partial charge in [0.2, 0.25) is 5.91 Å². The Morgan fingerprint density at radius 3 is 2.73 bits per heavy atom. The minimum absolute atomic E-state index is 0.249. The number of aromatic amines is 1. The van der Waals surface area contributed by atoms with Crippen molar-refractivity contribution >= 4 is 22.8 Å². The van der Waals surface area contributed by atoms with E-state index < -0.39 is 0 Å². The summed E-state index contributed by atoms with van der Waals surface area (Å²) in [4.78, 5) is 19.8. The number of benzene rings is 1. The Labute approximate surface area is 177 Å². The van der Waals surface area contributed by atoms with Gasteiger partial charge in [0.15, 0.2) is 11.5 Å². The van der Waals surface area contributed by atoms with Crippen molar-refractivity contribution in [2.75, 3.05) is 18.4 Å². The molecule has 0 bridgehead atoms. The highest BCUT2D eigenvalue weighted by Gasteiger charge is 2.32. The topological polar surface area (TPSA) is 73.9 Å². The standard InChI is InChI=1S/C24H29N5O/c30-24(18-9-5-2-6-10-18)29-14-13-19(16-29)21-12-11-20-22(27-28-23(20)26-21)25-15-17-7-3-1-4-8-17/h1,3-4,7-8,11-12,18-19H,2,5-6,9-10,13-16H2,(H2,25,26,27,28). The van der Waals surface area contributed by atoms with Crippen LogP contribution in [-0.4, -0.2) is 39.1 Å². The highest BCUT2D eigenvalue weighted by atomic mass is 16.2. The lowest BCUT2D eigenvalue weighted by atomic mass is 9.88. The SMILES string of the molecule is O=C(C1CCCCC1)N1CCC(c2ccc3c(NCc4ccccc4)n[nH]c3n2)C1. The Morgan fingerprint density at radius 1 is 1.07 bits per heavy atom. The summed E-state index contributed by atoms with van der Waals surface area (Å²) in [6.07, 6.45) is 6.81. The molecule has 1 unspecified atom stereocenters. The molecule has 6 nitrogen and oxygen atoms in total. The highest BCUT2D eigenvalue weighted by molar-refractivity contribution is 5.87. The van der Waals surface area contributed by atoms with Crippen LogP contribution >= 0.6 is 0 Å². The van der Waals surface area contributed by atoms with Crippen LogP contribution in [0.1, 0.15) is 55.7 Å². The average Bonchev–Trinajstić information content (AvgIpc) is 3.45. The summed E-state index contributed by atoms with van der Waals surface area (Å²) in [6, 6.07) is 14.5. The molecule has 3 aromatic rings. The van der Waals surface area contributed by atoms with E-state index in [0.29, 0.717) is 11.8 Å². The third-order valence-corrected chi connectivity index (χ3v) is 6.62. The lowest BCUT2D eigenvalue weighted by molar-refractivity contribution is -0.135. The quantitative estimate of drug-likeness (QED) is 0.659. The van der Waals surface area contributed by atoms with Crippen LogP contribution in [-0.2, 0) is 11.3 Å². The van der Waals surface area contributed by atoms with Crippen molar-refractivity contribution in [3.63, 3.8) is 0 Å². The molecule has 0 radical (unpaired) electrons. The minimum atomic E-state index is 0.249. The van der Waals surface area contributed by atoms with Crippen molar-refractivity contribution in [2.24, 2.45) is 5.92 Å². The zero-order chi connectivity index (χ0) is 20.3. The second-order valence-electron chi connectivity index (χ2n) is 8.65. The number of nitrogens with one attached hydrogen (secondary N) is 2. The van der Waals surface area contributed by atoms with Gasteiger partial charge in [0.25, 0.3) is 0 Å². The molecule has 5 rings (SSSR count).